The minimum absolute atomic E-state index is 0.315. The van der Waals surface area contributed by atoms with Crippen molar-refractivity contribution in [2.45, 2.75) is 13.5 Å². The van der Waals surface area contributed by atoms with Gasteiger partial charge in [-0.15, -0.1) is 0 Å². The molecule has 1 N–H and O–H groups in total. The zero-order chi connectivity index (χ0) is 14.7. The first kappa shape index (κ1) is 14.6. The van der Waals surface area contributed by atoms with Crippen LogP contribution in [0.15, 0.2) is 46.9 Å². The van der Waals surface area contributed by atoms with Crippen molar-refractivity contribution in [2.24, 2.45) is 0 Å². The van der Waals surface area contributed by atoms with Crippen molar-refractivity contribution >= 4 is 27.6 Å². The van der Waals surface area contributed by atoms with Crippen LogP contribution in [0.25, 0.3) is 0 Å². The van der Waals surface area contributed by atoms with Crippen molar-refractivity contribution < 1.29 is 9.90 Å². The number of halogens is 1. The third-order valence-corrected chi connectivity index (χ3v) is 3.70. The van der Waals surface area contributed by atoms with Crippen LogP contribution in [-0.4, -0.2) is 18.1 Å². The summed E-state index contributed by atoms with van der Waals surface area (Å²) >= 11 is 3.48. The molecule has 0 saturated carbocycles. The van der Waals surface area contributed by atoms with Crippen molar-refractivity contribution in [1.29, 1.82) is 0 Å². The first-order valence-corrected chi connectivity index (χ1v) is 7.06. The first-order chi connectivity index (χ1) is 9.47. The van der Waals surface area contributed by atoms with Gasteiger partial charge in [0, 0.05) is 23.8 Å². The third kappa shape index (κ3) is 3.39. The summed E-state index contributed by atoms with van der Waals surface area (Å²) in [5.41, 5.74) is 3.76. The molecule has 0 aliphatic heterocycles. The molecule has 0 aromatic heterocycles. The van der Waals surface area contributed by atoms with Gasteiger partial charge in [0.25, 0.3) is 0 Å². The van der Waals surface area contributed by atoms with Crippen LogP contribution in [0.3, 0.4) is 0 Å². The van der Waals surface area contributed by atoms with Crippen molar-refractivity contribution in [3.63, 3.8) is 0 Å². The van der Waals surface area contributed by atoms with Crippen molar-refractivity contribution in [3.8, 4) is 0 Å². The number of carboxylic acids is 1. The monoisotopic (exact) mass is 333 g/mol. The van der Waals surface area contributed by atoms with Crippen LogP contribution in [0.5, 0.6) is 0 Å². The molecule has 0 bridgehead atoms. The molecule has 3 nitrogen and oxygen atoms in total. The molecule has 20 heavy (non-hydrogen) atoms. The molecule has 2 rings (SSSR count). The second-order valence-corrected chi connectivity index (χ2v) is 5.70. The predicted octanol–water partition coefficient (Wildman–Crippen LogP) is 4.09. The molecule has 104 valence electrons. The van der Waals surface area contributed by atoms with E-state index >= 15 is 0 Å². The van der Waals surface area contributed by atoms with Gasteiger partial charge >= 0.3 is 5.97 Å². The number of aryl methyl sites for hydroxylation is 1. The summed E-state index contributed by atoms with van der Waals surface area (Å²) in [6.07, 6.45) is 0. The Kier molecular flexibility index (Phi) is 4.45. The van der Waals surface area contributed by atoms with E-state index < -0.39 is 5.97 Å². The summed E-state index contributed by atoms with van der Waals surface area (Å²) in [5, 5.41) is 8.89. The molecule has 4 heteroatoms. The minimum atomic E-state index is -0.896. The summed E-state index contributed by atoms with van der Waals surface area (Å²) in [5.74, 6) is -0.896. The molecule has 0 amide bonds. The van der Waals surface area contributed by atoms with E-state index in [1.165, 1.54) is 5.56 Å². The maximum absolute atomic E-state index is 10.8. The van der Waals surface area contributed by atoms with Crippen molar-refractivity contribution in [1.82, 2.24) is 0 Å². The highest BCUT2D eigenvalue weighted by Crippen LogP contribution is 2.25. The van der Waals surface area contributed by atoms with Crippen LogP contribution < -0.4 is 4.90 Å². The Hall–Kier alpha value is -1.81. The lowest BCUT2D eigenvalue weighted by Gasteiger charge is -2.22. The Balaban J connectivity index is 2.16. The second-order valence-electron chi connectivity index (χ2n) is 4.79. The third-order valence-electron chi connectivity index (χ3n) is 3.20. The van der Waals surface area contributed by atoms with Crippen LogP contribution >= 0.6 is 15.9 Å². The van der Waals surface area contributed by atoms with Gasteiger partial charge in [-0.3, -0.25) is 0 Å². The Morgan fingerprint density at radius 2 is 1.85 bits per heavy atom. The molecule has 0 atom stereocenters. The molecule has 0 aliphatic rings. The fourth-order valence-electron chi connectivity index (χ4n) is 2.11. The van der Waals surface area contributed by atoms with Crippen LogP contribution in [0.1, 0.15) is 21.5 Å². The SMILES string of the molecule is Cc1ccc(Br)cc1N(C)Cc1ccc(C(=O)O)cc1. The van der Waals surface area contributed by atoms with E-state index in [9.17, 15) is 4.79 Å². The molecule has 0 heterocycles. The molecule has 0 aliphatic carbocycles. The average molecular weight is 334 g/mol. The highest BCUT2D eigenvalue weighted by Gasteiger charge is 2.07. The fourth-order valence-corrected chi connectivity index (χ4v) is 2.45. The van der Waals surface area contributed by atoms with Gasteiger partial charge in [-0.2, -0.15) is 0 Å². The summed E-state index contributed by atoms with van der Waals surface area (Å²) in [6, 6.07) is 13.2. The zero-order valence-electron chi connectivity index (χ0n) is 11.4. The maximum atomic E-state index is 10.8. The van der Waals surface area contributed by atoms with Crippen molar-refractivity contribution in [2.75, 3.05) is 11.9 Å². The van der Waals surface area contributed by atoms with E-state index in [0.29, 0.717) is 5.56 Å². The van der Waals surface area contributed by atoms with E-state index in [4.69, 9.17) is 5.11 Å². The van der Waals surface area contributed by atoms with Gasteiger partial charge in [-0.1, -0.05) is 34.1 Å². The number of benzene rings is 2. The Morgan fingerprint density at radius 1 is 1.20 bits per heavy atom. The lowest BCUT2D eigenvalue weighted by atomic mass is 10.1. The zero-order valence-corrected chi connectivity index (χ0v) is 13.0. The lowest BCUT2D eigenvalue weighted by molar-refractivity contribution is 0.0697. The van der Waals surface area contributed by atoms with Gasteiger partial charge in [0.1, 0.15) is 0 Å². The molecule has 0 unspecified atom stereocenters. The number of aromatic carboxylic acids is 1. The van der Waals surface area contributed by atoms with Crippen molar-refractivity contribution in [3.05, 3.63) is 63.6 Å². The molecule has 0 radical (unpaired) electrons. The topological polar surface area (TPSA) is 40.5 Å². The average Bonchev–Trinajstić information content (AvgIpc) is 2.42. The largest absolute Gasteiger partial charge is 0.478 e. The van der Waals surface area contributed by atoms with Gasteiger partial charge in [0.2, 0.25) is 0 Å². The summed E-state index contributed by atoms with van der Waals surface area (Å²) < 4.78 is 1.05. The van der Waals surface area contributed by atoms with E-state index in [1.54, 1.807) is 12.1 Å². The molecular weight excluding hydrogens is 318 g/mol. The highest BCUT2D eigenvalue weighted by molar-refractivity contribution is 9.10. The molecular formula is C16H16BrNO2. The molecule has 0 saturated heterocycles. The number of rotatable bonds is 4. The van der Waals surface area contributed by atoms with Crippen LogP contribution in [-0.2, 0) is 6.54 Å². The standard InChI is InChI=1S/C16H16BrNO2/c1-11-3-8-14(17)9-15(11)18(2)10-12-4-6-13(7-5-12)16(19)20/h3-9H,10H2,1-2H3,(H,19,20). The Labute approximate surface area is 127 Å². The van der Waals surface area contributed by atoms with E-state index in [2.05, 4.69) is 39.9 Å². The predicted molar refractivity (Wildman–Crippen MR) is 84.4 cm³/mol. The second kappa shape index (κ2) is 6.09. The van der Waals surface area contributed by atoms with Gasteiger partial charge < -0.3 is 10.0 Å². The first-order valence-electron chi connectivity index (χ1n) is 6.27. The van der Waals surface area contributed by atoms with Gasteiger partial charge in [-0.25, -0.2) is 4.79 Å². The normalized spacial score (nSPS) is 10.3. The van der Waals surface area contributed by atoms with Gasteiger partial charge in [0.05, 0.1) is 5.56 Å². The number of hydrogen-bond acceptors (Lipinski definition) is 2. The minimum Gasteiger partial charge on any atom is -0.478 e. The fraction of sp³-hybridized carbons (Fsp3) is 0.188. The molecule has 2 aromatic carbocycles. The van der Waals surface area contributed by atoms with Crippen LogP contribution in [0, 0.1) is 6.92 Å². The van der Waals surface area contributed by atoms with Crippen LogP contribution in [0.2, 0.25) is 0 Å². The van der Waals surface area contributed by atoms with E-state index in [-0.39, 0.29) is 0 Å². The summed E-state index contributed by atoms with van der Waals surface area (Å²) in [7, 11) is 2.03. The summed E-state index contributed by atoms with van der Waals surface area (Å²) in [4.78, 5) is 13.0. The Morgan fingerprint density at radius 3 is 2.45 bits per heavy atom. The smallest absolute Gasteiger partial charge is 0.335 e. The molecule has 0 spiro atoms. The van der Waals surface area contributed by atoms with Crippen LogP contribution in [0.4, 0.5) is 5.69 Å². The number of hydrogen-bond donors (Lipinski definition) is 1. The molecule has 2 aromatic rings. The molecule has 0 fully saturated rings. The lowest BCUT2D eigenvalue weighted by Crippen LogP contribution is -2.17. The number of nitrogens with zero attached hydrogens (tertiary/aromatic N) is 1. The maximum Gasteiger partial charge on any atom is 0.335 e. The number of carboxylic acid groups (broad SMARTS) is 1. The van der Waals surface area contributed by atoms with Gasteiger partial charge in [0.15, 0.2) is 0 Å². The van der Waals surface area contributed by atoms with E-state index in [1.807, 2.05) is 25.2 Å². The summed E-state index contributed by atoms with van der Waals surface area (Å²) in [6.45, 7) is 2.81. The highest BCUT2D eigenvalue weighted by atomic mass is 79.9. The van der Waals surface area contributed by atoms with Gasteiger partial charge in [-0.05, 0) is 42.3 Å². The number of anilines is 1. The van der Waals surface area contributed by atoms with E-state index in [0.717, 1.165) is 22.3 Å². The Bertz CT molecular complexity index is 623. The quantitative estimate of drug-likeness (QED) is 0.915. The number of carbonyl (C=O) groups is 1.